The van der Waals surface area contributed by atoms with Gasteiger partial charge in [0.2, 0.25) is 5.91 Å². The summed E-state index contributed by atoms with van der Waals surface area (Å²) in [5.41, 5.74) is 1.83. The van der Waals surface area contributed by atoms with Gasteiger partial charge in [-0.2, -0.15) is 0 Å². The van der Waals surface area contributed by atoms with Gasteiger partial charge < -0.3 is 20.3 Å². The minimum absolute atomic E-state index is 0.0999. The Balaban J connectivity index is 2.03. The Morgan fingerprint density at radius 3 is 2.28 bits per heavy atom. The van der Waals surface area contributed by atoms with Crippen molar-refractivity contribution in [3.63, 3.8) is 0 Å². The second-order valence-electron chi connectivity index (χ2n) is 11.4. The highest BCUT2D eigenvalue weighted by atomic mass is 35.5. The second kappa shape index (κ2) is 12.6. The van der Waals surface area contributed by atoms with E-state index in [1.54, 1.807) is 56.0 Å². The van der Waals surface area contributed by atoms with Crippen LogP contribution in [0.4, 0.5) is 10.5 Å². The summed E-state index contributed by atoms with van der Waals surface area (Å²) in [4.78, 5) is 42.5. The maximum absolute atomic E-state index is 14.2. The number of halogens is 1. The Morgan fingerprint density at radius 2 is 1.77 bits per heavy atom. The summed E-state index contributed by atoms with van der Waals surface area (Å²) in [6, 6.07) is 10.4. The second-order valence-corrected chi connectivity index (χ2v) is 11.8. The van der Waals surface area contributed by atoms with Crippen LogP contribution in [-0.4, -0.2) is 40.5 Å². The number of para-hydroxylation sites is 1. The van der Waals surface area contributed by atoms with Gasteiger partial charge in [-0.05, 0) is 82.2 Å². The highest BCUT2D eigenvalue weighted by Crippen LogP contribution is 2.37. The van der Waals surface area contributed by atoms with Crippen molar-refractivity contribution in [2.24, 2.45) is 5.92 Å². The van der Waals surface area contributed by atoms with Gasteiger partial charge in [-0.1, -0.05) is 55.6 Å². The number of carbonyl (C=O) groups is 3. The first-order chi connectivity index (χ1) is 18.3. The quantitative estimate of drug-likeness (QED) is 0.361. The van der Waals surface area contributed by atoms with Crippen LogP contribution in [0.5, 0.6) is 0 Å². The standard InChI is InChI=1S/C31H38ClN3O4/c1-8-21-12-14-22(15-13-21)27(28(36)34-26-20(4)10-9-11-24(26)32)35(23-16-17-23)29(37)25(18-19(2)3)33-30(38)39-31(5,6)7/h1,9-15,19,23,25,27H,16-18H2,2-7H3,(H,33,38)(H,34,36). The van der Waals surface area contributed by atoms with Crippen molar-refractivity contribution in [1.82, 2.24) is 10.2 Å². The van der Waals surface area contributed by atoms with Crippen LogP contribution < -0.4 is 10.6 Å². The van der Waals surface area contributed by atoms with Crippen molar-refractivity contribution in [3.8, 4) is 12.3 Å². The van der Waals surface area contributed by atoms with Crippen molar-refractivity contribution >= 4 is 35.2 Å². The van der Waals surface area contributed by atoms with Gasteiger partial charge >= 0.3 is 6.09 Å². The number of amides is 3. The molecule has 0 heterocycles. The molecule has 3 amide bonds. The van der Waals surface area contributed by atoms with Crippen LogP contribution in [0.3, 0.4) is 0 Å². The molecule has 2 unspecified atom stereocenters. The van der Waals surface area contributed by atoms with Crippen LogP contribution in [0, 0.1) is 25.2 Å². The summed E-state index contributed by atoms with van der Waals surface area (Å²) in [7, 11) is 0. The van der Waals surface area contributed by atoms with Crippen LogP contribution >= 0.6 is 11.6 Å². The third-order valence-corrected chi connectivity index (χ3v) is 6.60. The fourth-order valence-corrected chi connectivity index (χ4v) is 4.64. The summed E-state index contributed by atoms with van der Waals surface area (Å²) >= 11 is 6.42. The maximum Gasteiger partial charge on any atom is 0.408 e. The van der Waals surface area contributed by atoms with Gasteiger partial charge in [0.25, 0.3) is 5.91 Å². The maximum atomic E-state index is 14.2. The number of hydrogen-bond donors (Lipinski definition) is 2. The molecule has 1 saturated carbocycles. The van der Waals surface area contributed by atoms with Crippen molar-refractivity contribution in [3.05, 3.63) is 64.2 Å². The molecular weight excluding hydrogens is 514 g/mol. The molecule has 0 radical (unpaired) electrons. The lowest BCUT2D eigenvalue weighted by atomic mass is 9.98. The largest absolute Gasteiger partial charge is 0.444 e. The lowest BCUT2D eigenvalue weighted by molar-refractivity contribution is -0.141. The van der Waals surface area contributed by atoms with Crippen LogP contribution in [0.2, 0.25) is 5.02 Å². The van der Waals surface area contributed by atoms with E-state index in [-0.39, 0.29) is 17.9 Å². The molecule has 0 aromatic heterocycles. The summed E-state index contributed by atoms with van der Waals surface area (Å²) < 4.78 is 5.45. The van der Waals surface area contributed by atoms with E-state index in [4.69, 9.17) is 22.8 Å². The van der Waals surface area contributed by atoms with Gasteiger partial charge in [0.1, 0.15) is 17.7 Å². The third kappa shape index (κ3) is 8.24. The molecule has 0 aliphatic heterocycles. The molecule has 8 heteroatoms. The molecule has 2 N–H and O–H groups in total. The molecular formula is C31H38ClN3O4. The summed E-state index contributed by atoms with van der Waals surface area (Å²) in [5.74, 6) is 1.94. The Hall–Kier alpha value is -3.50. The van der Waals surface area contributed by atoms with Crippen LogP contribution in [0.25, 0.3) is 0 Å². The molecule has 3 rings (SSSR count). The Morgan fingerprint density at radius 1 is 1.13 bits per heavy atom. The minimum atomic E-state index is -0.970. The van der Waals surface area contributed by atoms with Crippen LogP contribution in [-0.2, 0) is 14.3 Å². The number of aryl methyl sites for hydroxylation is 1. The molecule has 208 valence electrons. The molecule has 7 nitrogen and oxygen atoms in total. The molecule has 2 aromatic rings. The molecule has 0 spiro atoms. The number of nitrogens with one attached hydrogen (secondary N) is 2. The smallest absolute Gasteiger partial charge is 0.408 e. The van der Waals surface area contributed by atoms with E-state index in [0.29, 0.717) is 28.3 Å². The average Bonchev–Trinajstić information content (AvgIpc) is 3.68. The number of rotatable bonds is 9. The Kier molecular flexibility index (Phi) is 9.68. The van der Waals surface area contributed by atoms with Gasteiger partial charge in [0.05, 0.1) is 10.7 Å². The zero-order valence-corrected chi connectivity index (χ0v) is 24.3. The van der Waals surface area contributed by atoms with E-state index in [1.165, 1.54) is 0 Å². The zero-order valence-electron chi connectivity index (χ0n) is 23.5. The van der Waals surface area contributed by atoms with E-state index in [0.717, 1.165) is 18.4 Å². The molecule has 1 aliphatic rings. The van der Waals surface area contributed by atoms with E-state index in [1.807, 2.05) is 32.9 Å². The lowest BCUT2D eigenvalue weighted by Crippen LogP contribution is -2.53. The summed E-state index contributed by atoms with van der Waals surface area (Å²) in [6.07, 6.45) is 6.77. The molecule has 0 bridgehead atoms. The van der Waals surface area contributed by atoms with Crippen molar-refractivity contribution in [2.45, 2.75) is 84.5 Å². The predicted molar refractivity (Wildman–Crippen MR) is 154 cm³/mol. The van der Waals surface area contributed by atoms with Crippen molar-refractivity contribution < 1.29 is 19.1 Å². The van der Waals surface area contributed by atoms with Crippen LogP contribution in [0.1, 0.15) is 76.6 Å². The van der Waals surface area contributed by atoms with E-state index >= 15 is 0 Å². The monoisotopic (exact) mass is 551 g/mol. The van der Waals surface area contributed by atoms with Gasteiger partial charge in [-0.3, -0.25) is 9.59 Å². The molecule has 0 saturated heterocycles. The number of benzene rings is 2. The number of hydrogen-bond acceptors (Lipinski definition) is 4. The van der Waals surface area contributed by atoms with Crippen molar-refractivity contribution in [1.29, 1.82) is 0 Å². The molecule has 1 fully saturated rings. The predicted octanol–water partition coefficient (Wildman–Crippen LogP) is 6.24. The summed E-state index contributed by atoms with van der Waals surface area (Å²) in [6.45, 7) is 11.1. The Bertz CT molecular complexity index is 1220. The normalized spacial score (nSPS) is 14.6. The molecule has 2 aromatic carbocycles. The minimum Gasteiger partial charge on any atom is -0.444 e. The first kappa shape index (κ1) is 30.0. The Labute approximate surface area is 236 Å². The van der Waals surface area contributed by atoms with E-state index in [2.05, 4.69) is 16.6 Å². The third-order valence-electron chi connectivity index (χ3n) is 6.28. The molecule has 2 atom stereocenters. The van der Waals surface area contributed by atoms with Gasteiger partial charge in [0, 0.05) is 11.6 Å². The number of terminal acetylenes is 1. The van der Waals surface area contributed by atoms with Gasteiger partial charge in [-0.25, -0.2) is 4.79 Å². The molecule has 39 heavy (non-hydrogen) atoms. The first-order valence-electron chi connectivity index (χ1n) is 13.2. The fourth-order valence-electron chi connectivity index (χ4n) is 4.38. The average molecular weight is 552 g/mol. The SMILES string of the molecule is C#Cc1ccc(C(C(=O)Nc2c(C)cccc2Cl)N(C(=O)C(CC(C)C)NC(=O)OC(C)(C)C)C2CC2)cc1. The highest BCUT2D eigenvalue weighted by Gasteiger charge is 2.44. The number of alkyl carbamates (subject to hydrolysis) is 1. The number of ether oxygens (including phenoxy) is 1. The van der Waals surface area contributed by atoms with Crippen molar-refractivity contribution in [2.75, 3.05) is 5.32 Å². The first-order valence-corrected chi connectivity index (χ1v) is 13.6. The molecule has 1 aliphatic carbocycles. The van der Waals surface area contributed by atoms with Gasteiger partial charge in [-0.15, -0.1) is 6.42 Å². The number of nitrogens with zero attached hydrogens (tertiary/aromatic N) is 1. The van der Waals surface area contributed by atoms with E-state index < -0.39 is 29.7 Å². The summed E-state index contributed by atoms with van der Waals surface area (Å²) in [5, 5.41) is 6.13. The van der Waals surface area contributed by atoms with Gasteiger partial charge in [0.15, 0.2) is 0 Å². The topological polar surface area (TPSA) is 87.7 Å². The zero-order chi connectivity index (χ0) is 28.9. The fraction of sp³-hybridized carbons (Fsp3) is 0.452. The lowest BCUT2D eigenvalue weighted by Gasteiger charge is -2.35. The number of carbonyl (C=O) groups excluding carboxylic acids is 3. The van der Waals surface area contributed by atoms with Crippen LogP contribution in [0.15, 0.2) is 42.5 Å². The number of anilines is 1. The van der Waals surface area contributed by atoms with E-state index in [9.17, 15) is 14.4 Å². The highest BCUT2D eigenvalue weighted by molar-refractivity contribution is 6.34.